The third kappa shape index (κ3) is 4.15. The monoisotopic (exact) mass is 270 g/mol. The lowest BCUT2D eigenvalue weighted by molar-refractivity contribution is 0.259. The van der Waals surface area contributed by atoms with Crippen LogP contribution >= 0.6 is 0 Å². The minimum atomic E-state index is 0.167. The van der Waals surface area contributed by atoms with Crippen LogP contribution in [0.15, 0.2) is 54.9 Å². The Morgan fingerprint density at radius 1 is 1.05 bits per heavy atom. The van der Waals surface area contributed by atoms with Crippen LogP contribution in [-0.2, 0) is 0 Å². The van der Waals surface area contributed by atoms with Crippen molar-refractivity contribution in [2.24, 2.45) is 5.92 Å². The van der Waals surface area contributed by atoms with Gasteiger partial charge in [0.15, 0.2) is 0 Å². The zero-order chi connectivity index (χ0) is 14.2. The highest BCUT2D eigenvalue weighted by Crippen LogP contribution is 2.21. The zero-order valence-electron chi connectivity index (χ0n) is 11.9. The van der Waals surface area contributed by atoms with E-state index in [1.54, 1.807) is 0 Å². The van der Waals surface area contributed by atoms with Gasteiger partial charge in [-0.2, -0.15) is 0 Å². The van der Waals surface area contributed by atoms with Crippen molar-refractivity contribution >= 4 is 0 Å². The Balaban J connectivity index is 2.13. The molecule has 0 spiro atoms. The van der Waals surface area contributed by atoms with E-state index in [0.29, 0.717) is 5.92 Å². The Kier molecular flexibility index (Phi) is 5.71. The first-order valence-corrected chi connectivity index (χ1v) is 7.10. The van der Waals surface area contributed by atoms with Gasteiger partial charge in [-0.25, -0.2) is 0 Å². The molecule has 20 heavy (non-hydrogen) atoms. The number of nitrogens with one attached hydrogen (secondary N) is 1. The summed E-state index contributed by atoms with van der Waals surface area (Å²) < 4.78 is 0. The van der Waals surface area contributed by atoms with Crippen LogP contribution in [0.4, 0.5) is 0 Å². The van der Waals surface area contributed by atoms with Crippen molar-refractivity contribution in [3.05, 3.63) is 66.0 Å². The number of hydrogen-bond donors (Lipinski definition) is 2. The highest BCUT2D eigenvalue weighted by atomic mass is 16.3. The molecule has 0 amide bonds. The minimum Gasteiger partial charge on any atom is -0.396 e. The van der Waals surface area contributed by atoms with Gasteiger partial charge in [0.05, 0.1) is 6.04 Å². The van der Waals surface area contributed by atoms with Gasteiger partial charge in [0, 0.05) is 19.0 Å². The number of aliphatic hydroxyl groups excluding tert-OH is 1. The minimum absolute atomic E-state index is 0.167. The molecule has 106 valence electrons. The molecule has 0 fully saturated rings. The van der Waals surface area contributed by atoms with Crippen molar-refractivity contribution in [1.29, 1.82) is 0 Å². The van der Waals surface area contributed by atoms with Gasteiger partial charge in [-0.3, -0.25) is 4.98 Å². The highest BCUT2D eigenvalue weighted by molar-refractivity contribution is 5.30. The summed E-state index contributed by atoms with van der Waals surface area (Å²) in [6, 6.07) is 14.7. The summed E-state index contributed by atoms with van der Waals surface area (Å²) in [5.74, 6) is 0.452. The van der Waals surface area contributed by atoms with Gasteiger partial charge in [0.2, 0.25) is 0 Å². The highest BCUT2D eigenvalue weighted by Gasteiger charge is 2.14. The summed E-state index contributed by atoms with van der Waals surface area (Å²) in [6.45, 7) is 3.27. The van der Waals surface area contributed by atoms with Crippen LogP contribution in [0, 0.1) is 5.92 Å². The van der Waals surface area contributed by atoms with Crippen LogP contribution in [0.25, 0.3) is 0 Å². The van der Waals surface area contributed by atoms with E-state index in [1.165, 1.54) is 11.1 Å². The molecule has 2 aromatic rings. The van der Waals surface area contributed by atoms with E-state index in [1.807, 2.05) is 30.6 Å². The van der Waals surface area contributed by atoms with Gasteiger partial charge < -0.3 is 10.4 Å². The molecule has 1 heterocycles. The average Bonchev–Trinajstić information content (AvgIpc) is 2.50. The fourth-order valence-electron chi connectivity index (χ4n) is 2.27. The number of aromatic nitrogens is 1. The second-order valence-electron chi connectivity index (χ2n) is 5.15. The molecular formula is C17H22N2O. The number of hydrogen-bond acceptors (Lipinski definition) is 3. The summed E-state index contributed by atoms with van der Waals surface area (Å²) >= 11 is 0. The lowest BCUT2D eigenvalue weighted by Gasteiger charge is -2.22. The van der Waals surface area contributed by atoms with Gasteiger partial charge in [-0.15, -0.1) is 0 Å². The van der Waals surface area contributed by atoms with Gasteiger partial charge in [0.1, 0.15) is 0 Å². The molecule has 0 bridgehead atoms. The van der Waals surface area contributed by atoms with E-state index < -0.39 is 0 Å². The Labute approximate surface area is 120 Å². The summed E-state index contributed by atoms with van der Waals surface area (Å²) in [6.07, 6.45) is 4.47. The Morgan fingerprint density at radius 2 is 1.70 bits per heavy atom. The fraction of sp³-hybridized carbons (Fsp3) is 0.353. The van der Waals surface area contributed by atoms with Crippen LogP contribution in [0.5, 0.6) is 0 Å². The molecule has 0 aliphatic heterocycles. The number of rotatable bonds is 7. The largest absolute Gasteiger partial charge is 0.396 e. The van der Waals surface area contributed by atoms with Crippen LogP contribution in [0.1, 0.15) is 30.5 Å². The molecule has 2 atom stereocenters. The van der Waals surface area contributed by atoms with Crippen LogP contribution in [0.2, 0.25) is 0 Å². The lowest BCUT2D eigenvalue weighted by atomic mass is 9.98. The third-order valence-electron chi connectivity index (χ3n) is 3.46. The van der Waals surface area contributed by atoms with Crippen molar-refractivity contribution in [2.45, 2.75) is 19.4 Å². The second-order valence-corrected chi connectivity index (χ2v) is 5.15. The van der Waals surface area contributed by atoms with E-state index in [-0.39, 0.29) is 12.6 Å². The molecule has 2 N–H and O–H groups in total. The van der Waals surface area contributed by atoms with Crippen molar-refractivity contribution in [1.82, 2.24) is 10.3 Å². The molecule has 2 rings (SSSR count). The second kappa shape index (κ2) is 7.78. The molecule has 2 unspecified atom stereocenters. The van der Waals surface area contributed by atoms with Crippen molar-refractivity contribution < 1.29 is 5.11 Å². The van der Waals surface area contributed by atoms with Gasteiger partial charge in [-0.05, 0) is 42.1 Å². The predicted molar refractivity (Wildman–Crippen MR) is 81.4 cm³/mol. The first-order chi connectivity index (χ1) is 9.81. The average molecular weight is 270 g/mol. The van der Waals surface area contributed by atoms with E-state index >= 15 is 0 Å². The summed E-state index contributed by atoms with van der Waals surface area (Å²) in [7, 11) is 0. The topological polar surface area (TPSA) is 45.1 Å². The van der Waals surface area contributed by atoms with Gasteiger partial charge in [0.25, 0.3) is 0 Å². The molecule has 0 saturated carbocycles. The Bertz CT molecular complexity index is 447. The first-order valence-electron chi connectivity index (χ1n) is 7.10. The molecular weight excluding hydrogens is 248 g/mol. The number of nitrogens with zero attached hydrogens (tertiary/aromatic N) is 1. The molecule has 0 radical (unpaired) electrons. The smallest absolute Gasteiger partial charge is 0.0577 e. The van der Waals surface area contributed by atoms with Crippen LogP contribution in [-0.4, -0.2) is 23.2 Å². The summed E-state index contributed by atoms with van der Waals surface area (Å²) in [4.78, 5) is 4.09. The molecule has 3 nitrogen and oxygen atoms in total. The summed E-state index contributed by atoms with van der Waals surface area (Å²) in [5, 5.41) is 12.6. The van der Waals surface area contributed by atoms with E-state index in [4.69, 9.17) is 5.11 Å². The van der Waals surface area contributed by atoms with Gasteiger partial charge >= 0.3 is 0 Å². The van der Waals surface area contributed by atoms with Crippen LogP contribution in [0.3, 0.4) is 0 Å². The van der Waals surface area contributed by atoms with E-state index in [0.717, 1.165) is 13.0 Å². The van der Waals surface area contributed by atoms with E-state index in [9.17, 15) is 0 Å². The predicted octanol–water partition coefficient (Wildman–Crippen LogP) is 2.78. The maximum absolute atomic E-state index is 9.00. The summed E-state index contributed by atoms with van der Waals surface area (Å²) in [5.41, 5.74) is 2.46. The molecule has 0 saturated heterocycles. The number of aliphatic hydroxyl groups is 1. The van der Waals surface area contributed by atoms with Crippen molar-refractivity contribution in [3.63, 3.8) is 0 Å². The molecule has 1 aromatic carbocycles. The zero-order valence-corrected chi connectivity index (χ0v) is 11.9. The molecule has 1 aromatic heterocycles. The van der Waals surface area contributed by atoms with E-state index in [2.05, 4.69) is 41.5 Å². The first kappa shape index (κ1) is 14.7. The standard InChI is InChI=1S/C17H22N2O/c1-14(9-12-20)13-19-17(15-5-3-2-4-6-15)16-7-10-18-11-8-16/h2-8,10-11,14,17,19-20H,9,12-13H2,1H3. The third-order valence-corrected chi connectivity index (χ3v) is 3.46. The van der Waals surface area contributed by atoms with Crippen LogP contribution < -0.4 is 5.32 Å². The number of pyridine rings is 1. The van der Waals surface area contributed by atoms with Gasteiger partial charge in [-0.1, -0.05) is 37.3 Å². The number of benzene rings is 1. The maximum atomic E-state index is 9.00. The Morgan fingerprint density at radius 3 is 2.35 bits per heavy atom. The fourth-order valence-corrected chi connectivity index (χ4v) is 2.27. The lowest BCUT2D eigenvalue weighted by Crippen LogP contribution is -2.27. The van der Waals surface area contributed by atoms with Crippen molar-refractivity contribution in [3.8, 4) is 0 Å². The maximum Gasteiger partial charge on any atom is 0.0577 e. The SMILES string of the molecule is CC(CCO)CNC(c1ccccc1)c1ccncc1. The normalized spacial score (nSPS) is 13.9. The molecule has 3 heteroatoms. The van der Waals surface area contributed by atoms with Crippen molar-refractivity contribution in [2.75, 3.05) is 13.2 Å². The Hall–Kier alpha value is -1.71. The quantitative estimate of drug-likeness (QED) is 0.813. The molecule has 0 aliphatic rings. The molecule has 0 aliphatic carbocycles.